The first-order valence-corrected chi connectivity index (χ1v) is 14.6. The summed E-state index contributed by atoms with van der Waals surface area (Å²) in [5, 5.41) is 19.6. The second kappa shape index (κ2) is 14.9. The van der Waals surface area contributed by atoms with Crippen LogP contribution in [0.25, 0.3) is 0 Å². The van der Waals surface area contributed by atoms with E-state index in [1.165, 1.54) is 24.4 Å². The Kier molecular flexibility index (Phi) is 11.2. The number of rotatable bonds is 8. The molecule has 10 nitrogen and oxygen atoms in total. The van der Waals surface area contributed by atoms with Crippen LogP contribution in [0.2, 0.25) is 10.0 Å². The van der Waals surface area contributed by atoms with Crippen LogP contribution < -0.4 is 16.0 Å². The molecule has 3 heterocycles. The summed E-state index contributed by atoms with van der Waals surface area (Å²) in [6.45, 7) is 6.28. The first-order chi connectivity index (χ1) is 20.3. The molecule has 2 aliphatic heterocycles. The van der Waals surface area contributed by atoms with E-state index < -0.39 is 11.8 Å². The minimum atomic E-state index is -0.634. The zero-order chi connectivity index (χ0) is 29.6. The van der Waals surface area contributed by atoms with Crippen LogP contribution in [0.1, 0.15) is 45.0 Å². The number of piperazine rings is 1. The lowest BCUT2D eigenvalue weighted by molar-refractivity contribution is -0.135. The van der Waals surface area contributed by atoms with Crippen LogP contribution in [0.5, 0.6) is 5.75 Å². The van der Waals surface area contributed by atoms with Gasteiger partial charge in [0.2, 0.25) is 5.91 Å². The third-order valence-electron chi connectivity index (χ3n) is 7.54. The number of phenols is 1. The monoisotopic (exact) mass is 646 g/mol. The van der Waals surface area contributed by atoms with Gasteiger partial charge in [0.15, 0.2) is 0 Å². The number of halogens is 3. The van der Waals surface area contributed by atoms with E-state index in [1.807, 2.05) is 4.90 Å². The summed E-state index contributed by atoms with van der Waals surface area (Å²) in [5.41, 5.74) is 1.02. The first-order valence-electron chi connectivity index (χ1n) is 13.9. The third kappa shape index (κ3) is 8.16. The zero-order valence-corrected chi connectivity index (χ0v) is 25.6. The van der Waals surface area contributed by atoms with Crippen LogP contribution in [0.4, 0.5) is 11.5 Å². The molecule has 4 N–H and O–H groups in total. The smallest absolute Gasteiger partial charge is 0.259 e. The molecule has 3 amide bonds. The Balaban J connectivity index is 0.00000423. The predicted molar refractivity (Wildman–Crippen MR) is 170 cm³/mol. The molecular weight excluding hydrogens is 615 g/mol. The lowest BCUT2D eigenvalue weighted by Gasteiger charge is -2.35. The Morgan fingerprint density at radius 2 is 1.70 bits per heavy atom. The molecule has 0 radical (unpaired) electrons. The summed E-state index contributed by atoms with van der Waals surface area (Å²) in [6.07, 6.45) is 3.06. The zero-order valence-electron chi connectivity index (χ0n) is 23.3. The summed E-state index contributed by atoms with van der Waals surface area (Å²) < 4.78 is 0. The summed E-state index contributed by atoms with van der Waals surface area (Å²) in [4.78, 5) is 47.8. The Hall–Kier alpha value is -3.41. The minimum Gasteiger partial charge on any atom is -0.506 e. The lowest BCUT2D eigenvalue weighted by atomic mass is 9.89. The van der Waals surface area contributed by atoms with Crippen LogP contribution >= 0.6 is 35.6 Å². The maximum Gasteiger partial charge on any atom is 0.259 e. The number of nitrogens with one attached hydrogen (secondary N) is 3. The van der Waals surface area contributed by atoms with Crippen LogP contribution in [-0.2, 0) is 4.79 Å². The van der Waals surface area contributed by atoms with Crippen molar-refractivity contribution in [3.05, 3.63) is 81.5 Å². The van der Waals surface area contributed by atoms with E-state index in [-0.39, 0.29) is 52.1 Å². The quantitative estimate of drug-likeness (QED) is 0.263. The second-order valence-corrected chi connectivity index (χ2v) is 11.2. The molecule has 0 saturated carbocycles. The van der Waals surface area contributed by atoms with Crippen molar-refractivity contribution in [1.82, 2.24) is 20.1 Å². The maximum atomic E-state index is 13.3. The number of hydrogen-bond acceptors (Lipinski definition) is 7. The fourth-order valence-corrected chi connectivity index (χ4v) is 5.58. The Morgan fingerprint density at radius 1 is 0.953 bits per heavy atom. The normalized spacial score (nSPS) is 17.2. The molecule has 2 aromatic carbocycles. The van der Waals surface area contributed by atoms with E-state index in [1.54, 1.807) is 30.3 Å². The molecule has 3 aromatic rings. The molecule has 0 aliphatic carbocycles. The van der Waals surface area contributed by atoms with Crippen molar-refractivity contribution in [1.29, 1.82) is 0 Å². The lowest BCUT2D eigenvalue weighted by Crippen LogP contribution is -2.48. The average Bonchev–Trinajstić information content (AvgIpc) is 2.99. The highest BCUT2D eigenvalue weighted by Crippen LogP contribution is 2.33. The van der Waals surface area contributed by atoms with Gasteiger partial charge in [0.25, 0.3) is 11.8 Å². The Bertz CT molecular complexity index is 1450. The van der Waals surface area contributed by atoms with E-state index in [4.69, 9.17) is 23.2 Å². The van der Waals surface area contributed by atoms with Crippen LogP contribution in [0, 0.1) is 0 Å². The molecule has 2 saturated heterocycles. The van der Waals surface area contributed by atoms with Crippen molar-refractivity contribution in [2.75, 3.05) is 56.4 Å². The fourth-order valence-electron chi connectivity index (χ4n) is 5.26. The van der Waals surface area contributed by atoms with Gasteiger partial charge in [-0.3, -0.25) is 19.3 Å². The molecule has 0 bridgehead atoms. The second-order valence-electron chi connectivity index (χ2n) is 10.4. The number of likely N-dealkylation sites (tertiary alicyclic amines) is 1. The van der Waals surface area contributed by atoms with E-state index in [0.29, 0.717) is 17.1 Å². The highest BCUT2D eigenvalue weighted by atomic mass is 35.5. The van der Waals surface area contributed by atoms with Crippen molar-refractivity contribution in [3.63, 3.8) is 0 Å². The fraction of sp³-hybridized carbons (Fsp3) is 0.333. The van der Waals surface area contributed by atoms with Gasteiger partial charge in [-0.05, 0) is 48.7 Å². The number of anilines is 2. The van der Waals surface area contributed by atoms with Crippen molar-refractivity contribution in [2.45, 2.75) is 18.8 Å². The van der Waals surface area contributed by atoms with Crippen LogP contribution in [0.3, 0.4) is 0 Å². The summed E-state index contributed by atoms with van der Waals surface area (Å²) in [6, 6.07) is 12.5. The molecular formula is C30H33Cl3N6O4. The van der Waals surface area contributed by atoms with Gasteiger partial charge in [-0.2, -0.15) is 0 Å². The number of aromatic nitrogens is 1. The molecule has 2 fully saturated rings. The average molecular weight is 648 g/mol. The van der Waals surface area contributed by atoms with Gasteiger partial charge in [0.1, 0.15) is 11.6 Å². The topological polar surface area (TPSA) is 127 Å². The largest absolute Gasteiger partial charge is 0.506 e. The molecule has 2 aliphatic rings. The van der Waals surface area contributed by atoms with E-state index in [9.17, 15) is 19.5 Å². The van der Waals surface area contributed by atoms with Gasteiger partial charge in [0.05, 0.1) is 22.2 Å². The van der Waals surface area contributed by atoms with Crippen molar-refractivity contribution in [2.24, 2.45) is 0 Å². The first kappa shape index (κ1) is 32.5. The molecule has 1 aromatic heterocycles. The van der Waals surface area contributed by atoms with Gasteiger partial charge in [-0.15, -0.1) is 12.4 Å². The highest BCUT2D eigenvalue weighted by Gasteiger charge is 2.30. The number of benzene rings is 2. The number of piperidine rings is 1. The maximum absolute atomic E-state index is 13.3. The predicted octanol–water partition coefficient (Wildman–Crippen LogP) is 4.63. The summed E-state index contributed by atoms with van der Waals surface area (Å²) >= 11 is 12.0. The molecule has 228 valence electrons. The van der Waals surface area contributed by atoms with Gasteiger partial charge in [-0.1, -0.05) is 35.3 Å². The molecule has 1 atom stereocenters. The number of carbonyl (C=O) groups excluding carboxylic acids is 3. The molecule has 43 heavy (non-hydrogen) atoms. The SMILES string of the molecule is Cl.O=C(Nc1c(O)cc(Cl)cc1C(=O)Nc1ccc(Cl)cn1)c1ccc(C2CCCN(CCN3CCNCC3)C2=O)cc1. The number of nitrogens with zero attached hydrogens (tertiary/aromatic N) is 3. The third-order valence-corrected chi connectivity index (χ3v) is 7.98. The van der Waals surface area contributed by atoms with Gasteiger partial charge < -0.3 is 26.0 Å². The number of amides is 3. The Labute approximate surface area is 266 Å². The minimum absolute atomic E-state index is 0. The standard InChI is InChI=1S/C30H32Cl2N6O4.ClH/c31-21-7-8-26(34-18-21)35-29(41)24-16-22(32)17-25(39)27(24)36-28(40)20-5-3-19(4-6-20)23-2-1-11-38(30(23)42)15-14-37-12-9-33-10-13-37;/h3-8,16-18,23,33,39H,1-2,9-15H2,(H,36,40)(H,34,35,41);1H. The summed E-state index contributed by atoms with van der Waals surface area (Å²) in [7, 11) is 0. The van der Waals surface area contributed by atoms with Gasteiger partial charge in [-0.25, -0.2) is 4.98 Å². The molecule has 5 rings (SSSR count). The van der Waals surface area contributed by atoms with Crippen LogP contribution in [0.15, 0.2) is 54.7 Å². The number of pyridine rings is 1. The molecule has 13 heteroatoms. The highest BCUT2D eigenvalue weighted by molar-refractivity contribution is 6.32. The van der Waals surface area contributed by atoms with Gasteiger partial charge in [0, 0.05) is 68.7 Å². The van der Waals surface area contributed by atoms with E-state index in [2.05, 4.69) is 25.8 Å². The van der Waals surface area contributed by atoms with Crippen molar-refractivity contribution < 1.29 is 19.5 Å². The molecule has 0 spiro atoms. The summed E-state index contributed by atoms with van der Waals surface area (Å²) in [5.74, 6) is -1.44. The van der Waals surface area contributed by atoms with E-state index >= 15 is 0 Å². The van der Waals surface area contributed by atoms with E-state index in [0.717, 1.165) is 57.7 Å². The number of aromatic hydroxyl groups is 1. The number of phenolic OH excluding ortho intramolecular Hbond substituents is 1. The van der Waals surface area contributed by atoms with Crippen molar-refractivity contribution >= 4 is 64.8 Å². The molecule has 1 unspecified atom stereocenters. The number of hydrogen-bond donors (Lipinski definition) is 4. The van der Waals surface area contributed by atoms with Gasteiger partial charge >= 0.3 is 0 Å². The number of carbonyl (C=O) groups is 3. The Morgan fingerprint density at radius 3 is 2.40 bits per heavy atom. The van der Waals surface area contributed by atoms with Crippen LogP contribution in [-0.4, -0.2) is 83.4 Å². The van der Waals surface area contributed by atoms with Crippen molar-refractivity contribution in [3.8, 4) is 5.75 Å².